The number of ether oxygens (including phenoxy) is 1. The zero-order chi connectivity index (χ0) is 15.2. The maximum absolute atomic E-state index is 12.1. The Kier molecular flexibility index (Phi) is 5.16. The summed E-state index contributed by atoms with van der Waals surface area (Å²) in [6, 6.07) is 7.29. The third-order valence-electron chi connectivity index (χ3n) is 3.39. The largest absolute Gasteiger partial charge is 0.378 e. The van der Waals surface area contributed by atoms with Gasteiger partial charge in [-0.1, -0.05) is 6.07 Å². The van der Waals surface area contributed by atoms with Crippen molar-refractivity contribution < 1.29 is 14.3 Å². The summed E-state index contributed by atoms with van der Waals surface area (Å²) < 4.78 is 5.19. The van der Waals surface area contributed by atoms with E-state index in [0.29, 0.717) is 31.9 Å². The van der Waals surface area contributed by atoms with E-state index in [0.717, 1.165) is 5.69 Å². The Bertz CT molecular complexity index is 511. The lowest BCUT2D eigenvalue weighted by Gasteiger charge is -2.26. The lowest BCUT2D eigenvalue weighted by Crippen LogP contribution is -2.45. The van der Waals surface area contributed by atoms with Crippen molar-refractivity contribution in [2.75, 3.05) is 51.8 Å². The molecule has 1 aromatic carbocycles. The average molecular weight is 291 g/mol. The molecule has 1 aliphatic heterocycles. The van der Waals surface area contributed by atoms with E-state index in [4.69, 9.17) is 4.74 Å². The monoisotopic (exact) mass is 291 g/mol. The maximum atomic E-state index is 12.1. The molecule has 0 spiro atoms. The molecule has 21 heavy (non-hydrogen) atoms. The summed E-state index contributed by atoms with van der Waals surface area (Å²) in [5.74, 6) is -0.310. The fraction of sp³-hybridized carbons (Fsp3) is 0.467. The van der Waals surface area contributed by atoms with Crippen molar-refractivity contribution in [1.29, 1.82) is 0 Å². The molecule has 6 nitrogen and oxygen atoms in total. The summed E-state index contributed by atoms with van der Waals surface area (Å²) >= 11 is 0. The second-order valence-corrected chi connectivity index (χ2v) is 5.12. The number of carbonyl (C=O) groups is 2. The number of carbonyl (C=O) groups excluding carboxylic acids is 2. The van der Waals surface area contributed by atoms with Crippen molar-refractivity contribution in [3.8, 4) is 0 Å². The van der Waals surface area contributed by atoms with Gasteiger partial charge in [-0.3, -0.25) is 9.59 Å². The van der Waals surface area contributed by atoms with Crippen LogP contribution in [0.25, 0.3) is 0 Å². The molecule has 1 heterocycles. The molecule has 0 saturated carbocycles. The molecule has 6 heteroatoms. The number of nitrogens with zero attached hydrogens (tertiary/aromatic N) is 2. The molecule has 1 fully saturated rings. The summed E-state index contributed by atoms with van der Waals surface area (Å²) in [5, 5.41) is 2.67. The summed E-state index contributed by atoms with van der Waals surface area (Å²) in [7, 11) is 3.83. The minimum Gasteiger partial charge on any atom is -0.378 e. The van der Waals surface area contributed by atoms with Gasteiger partial charge in [0.15, 0.2) is 0 Å². The first-order valence-corrected chi connectivity index (χ1v) is 6.99. The van der Waals surface area contributed by atoms with Crippen molar-refractivity contribution in [3.63, 3.8) is 0 Å². The molecule has 0 bridgehead atoms. The van der Waals surface area contributed by atoms with Gasteiger partial charge in [-0.2, -0.15) is 0 Å². The number of rotatable bonds is 4. The van der Waals surface area contributed by atoms with E-state index in [1.807, 2.05) is 31.1 Å². The van der Waals surface area contributed by atoms with Crippen molar-refractivity contribution in [3.05, 3.63) is 29.8 Å². The van der Waals surface area contributed by atoms with E-state index in [2.05, 4.69) is 5.32 Å². The third kappa shape index (κ3) is 4.19. The molecule has 0 aliphatic carbocycles. The van der Waals surface area contributed by atoms with E-state index >= 15 is 0 Å². The molecular weight excluding hydrogens is 270 g/mol. The van der Waals surface area contributed by atoms with Crippen molar-refractivity contribution >= 4 is 17.5 Å². The van der Waals surface area contributed by atoms with Crippen LogP contribution in [-0.2, 0) is 9.53 Å². The highest BCUT2D eigenvalue weighted by atomic mass is 16.5. The number of hydrogen-bond donors (Lipinski definition) is 1. The summed E-state index contributed by atoms with van der Waals surface area (Å²) in [6.45, 7) is 2.32. The summed E-state index contributed by atoms with van der Waals surface area (Å²) in [6.07, 6.45) is 0. The highest BCUT2D eigenvalue weighted by Gasteiger charge is 2.17. The molecule has 2 amide bonds. The van der Waals surface area contributed by atoms with Gasteiger partial charge in [0.05, 0.1) is 19.8 Å². The maximum Gasteiger partial charge on any atom is 0.251 e. The van der Waals surface area contributed by atoms with Gasteiger partial charge >= 0.3 is 0 Å². The standard InChI is InChI=1S/C15H21N3O3/c1-17(2)13-5-3-4-12(10-13)15(20)16-11-14(19)18-6-8-21-9-7-18/h3-5,10H,6-9,11H2,1-2H3,(H,16,20). The Morgan fingerprint density at radius 1 is 1.29 bits per heavy atom. The van der Waals surface area contributed by atoms with Crippen LogP contribution in [0.5, 0.6) is 0 Å². The summed E-state index contributed by atoms with van der Waals surface area (Å²) in [5.41, 5.74) is 1.50. The van der Waals surface area contributed by atoms with Crippen LogP contribution in [0.4, 0.5) is 5.69 Å². The van der Waals surface area contributed by atoms with Crippen LogP contribution in [0.15, 0.2) is 24.3 Å². The Hall–Kier alpha value is -2.08. The molecule has 0 atom stereocenters. The Labute approximate surface area is 124 Å². The Morgan fingerprint density at radius 2 is 2.00 bits per heavy atom. The number of nitrogens with one attached hydrogen (secondary N) is 1. The molecule has 0 unspecified atom stereocenters. The third-order valence-corrected chi connectivity index (χ3v) is 3.39. The lowest BCUT2D eigenvalue weighted by atomic mass is 10.2. The zero-order valence-electron chi connectivity index (χ0n) is 12.5. The van der Waals surface area contributed by atoms with E-state index < -0.39 is 0 Å². The Morgan fingerprint density at radius 3 is 2.67 bits per heavy atom. The summed E-state index contributed by atoms with van der Waals surface area (Å²) in [4.78, 5) is 27.7. The number of anilines is 1. The van der Waals surface area contributed by atoms with Gasteiger partial charge in [0.2, 0.25) is 5.91 Å². The molecular formula is C15H21N3O3. The fourth-order valence-electron chi connectivity index (χ4n) is 2.11. The second-order valence-electron chi connectivity index (χ2n) is 5.12. The molecule has 2 rings (SSSR count). The van der Waals surface area contributed by atoms with Gasteiger partial charge in [-0.05, 0) is 18.2 Å². The van der Waals surface area contributed by atoms with Gasteiger partial charge in [0.1, 0.15) is 0 Å². The van der Waals surface area contributed by atoms with Gasteiger partial charge in [0, 0.05) is 38.4 Å². The first-order chi connectivity index (χ1) is 10.1. The number of morpholine rings is 1. The Balaban J connectivity index is 1.89. The molecule has 114 valence electrons. The topological polar surface area (TPSA) is 61.9 Å². The van der Waals surface area contributed by atoms with Crippen molar-refractivity contribution in [1.82, 2.24) is 10.2 Å². The SMILES string of the molecule is CN(C)c1cccc(C(=O)NCC(=O)N2CCOCC2)c1. The minimum absolute atomic E-state index is 0.0189. The number of benzene rings is 1. The van der Waals surface area contributed by atoms with E-state index in [9.17, 15) is 9.59 Å². The van der Waals surface area contributed by atoms with Crippen molar-refractivity contribution in [2.24, 2.45) is 0 Å². The molecule has 1 N–H and O–H groups in total. The van der Waals surface area contributed by atoms with Crippen LogP contribution in [-0.4, -0.2) is 63.7 Å². The first kappa shape index (κ1) is 15.3. The fourth-order valence-corrected chi connectivity index (χ4v) is 2.11. The normalized spacial score (nSPS) is 14.7. The lowest BCUT2D eigenvalue weighted by molar-refractivity contribution is -0.134. The predicted octanol–water partition coefficient (Wildman–Crippen LogP) is 0.341. The molecule has 0 radical (unpaired) electrons. The van der Waals surface area contributed by atoms with Gasteiger partial charge in [-0.25, -0.2) is 0 Å². The highest BCUT2D eigenvalue weighted by molar-refractivity contribution is 5.97. The van der Waals surface area contributed by atoms with Crippen LogP contribution >= 0.6 is 0 Å². The average Bonchev–Trinajstić information content (AvgIpc) is 2.53. The van der Waals surface area contributed by atoms with Gasteiger partial charge in [0.25, 0.3) is 5.91 Å². The molecule has 1 aromatic rings. The quantitative estimate of drug-likeness (QED) is 0.869. The number of amides is 2. The molecule has 0 aromatic heterocycles. The smallest absolute Gasteiger partial charge is 0.251 e. The van der Waals surface area contributed by atoms with Crippen molar-refractivity contribution in [2.45, 2.75) is 0 Å². The molecule has 1 saturated heterocycles. The van der Waals surface area contributed by atoms with E-state index in [1.165, 1.54) is 0 Å². The van der Waals surface area contributed by atoms with Gasteiger partial charge in [-0.15, -0.1) is 0 Å². The van der Waals surface area contributed by atoms with Crippen LogP contribution in [0.3, 0.4) is 0 Å². The van der Waals surface area contributed by atoms with E-state index in [1.54, 1.807) is 17.0 Å². The zero-order valence-corrected chi connectivity index (χ0v) is 12.5. The van der Waals surface area contributed by atoms with E-state index in [-0.39, 0.29) is 18.4 Å². The number of hydrogen-bond acceptors (Lipinski definition) is 4. The predicted molar refractivity (Wildman–Crippen MR) is 80.5 cm³/mol. The molecule has 1 aliphatic rings. The van der Waals surface area contributed by atoms with Crippen LogP contribution in [0.2, 0.25) is 0 Å². The van der Waals surface area contributed by atoms with Crippen LogP contribution < -0.4 is 10.2 Å². The van der Waals surface area contributed by atoms with Gasteiger partial charge < -0.3 is 19.9 Å². The van der Waals surface area contributed by atoms with Crippen LogP contribution in [0, 0.1) is 0 Å². The minimum atomic E-state index is -0.236. The highest BCUT2D eigenvalue weighted by Crippen LogP contribution is 2.13. The van der Waals surface area contributed by atoms with Crippen LogP contribution in [0.1, 0.15) is 10.4 Å². The second kappa shape index (κ2) is 7.08. The first-order valence-electron chi connectivity index (χ1n) is 6.99.